The number of aromatic nitrogens is 1. The van der Waals surface area contributed by atoms with Crippen molar-refractivity contribution in [1.29, 1.82) is 0 Å². The van der Waals surface area contributed by atoms with Crippen LogP contribution in [0.1, 0.15) is 36.6 Å². The van der Waals surface area contributed by atoms with Crippen molar-refractivity contribution >= 4 is 50.1 Å². The highest BCUT2D eigenvalue weighted by molar-refractivity contribution is 9.10. The van der Waals surface area contributed by atoms with Gasteiger partial charge in [-0.05, 0) is 87.6 Å². The maximum atomic E-state index is 14.0. The fraction of sp³-hybridized carbons (Fsp3) is 0.194. The molecule has 0 N–H and O–H groups in total. The minimum Gasteiger partial charge on any atom is -0.497 e. The molecule has 0 saturated carbocycles. The standard InChI is InChI=1S/C36H31BrN2O6S/c1-5-44-35(41)31-21(2)38-36-39(32(31)24-13-15-26(42-3)16-14-24)34(40)30(46-36)19-22-17-28(37)33(29(18-22)43-4)45-20-25-11-8-10-23-9-6-7-12-27(23)25/h6-19,32H,5,20H2,1-4H3/b30-19+. The molecule has 1 atom stereocenters. The summed E-state index contributed by atoms with van der Waals surface area (Å²) >= 11 is 4.91. The van der Waals surface area contributed by atoms with Crippen LogP contribution in [0.5, 0.6) is 17.2 Å². The molecule has 0 radical (unpaired) electrons. The van der Waals surface area contributed by atoms with E-state index in [0.29, 0.717) is 48.9 Å². The first-order chi connectivity index (χ1) is 22.3. The first-order valence-corrected chi connectivity index (χ1v) is 16.2. The topological polar surface area (TPSA) is 88.4 Å². The minimum atomic E-state index is -0.713. The summed E-state index contributed by atoms with van der Waals surface area (Å²) in [5.74, 6) is 1.23. The second-order valence-corrected chi connectivity index (χ2v) is 12.4. The Kier molecular flexibility index (Phi) is 9.10. The van der Waals surface area contributed by atoms with Gasteiger partial charge in [-0.1, -0.05) is 65.9 Å². The predicted molar refractivity (Wildman–Crippen MR) is 182 cm³/mol. The van der Waals surface area contributed by atoms with Gasteiger partial charge in [-0.15, -0.1) is 0 Å². The van der Waals surface area contributed by atoms with Gasteiger partial charge in [0.1, 0.15) is 12.4 Å². The van der Waals surface area contributed by atoms with Gasteiger partial charge in [0.05, 0.1) is 47.1 Å². The summed E-state index contributed by atoms with van der Waals surface area (Å²) in [6.45, 7) is 4.06. The van der Waals surface area contributed by atoms with Crippen LogP contribution in [0.15, 0.2) is 104 Å². The zero-order valence-corrected chi connectivity index (χ0v) is 28.1. The smallest absolute Gasteiger partial charge is 0.338 e. The molecule has 0 saturated heterocycles. The lowest BCUT2D eigenvalue weighted by molar-refractivity contribution is -0.139. The summed E-state index contributed by atoms with van der Waals surface area (Å²) in [6, 6.07) is 24.6. The number of esters is 1. The van der Waals surface area contributed by atoms with Crippen molar-refractivity contribution in [2.45, 2.75) is 26.5 Å². The highest BCUT2D eigenvalue weighted by Crippen LogP contribution is 2.38. The van der Waals surface area contributed by atoms with E-state index in [-0.39, 0.29) is 12.2 Å². The summed E-state index contributed by atoms with van der Waals surface area (Å²) in [6.07, 6.45) is 1.79. The van der Waals surface area contributed by atoms with Gasteiger partial charge in [-0.2, -0.15) is 0 Å². The van der Waals surface area contributed by atoms with Crippen molar-refractivity contribution in [3.8, 4) is 17.2 Å². The van der Waals surface area contributed by atoms with Crippen LogP contribution in [-0.2, 0) is 16.1 Å². The summed E-state index contributed by atoms with van der Waals surface area (Å²) in [5, 5.41) is 2.27. The molecular formula is C36H31BrN2O6S. The van der Waals surface area contributed by atoms with Gasteiger partial charge in [-0.3, -0.25) is 9.36 Å². The molecule has 8 nitrogen and oxygen atoms in total. The van der Waals surface area contributed by atoms with Crippen LogP contribution in [-0.4, -0.2) is 31.4 Å². The van der Waals surface area contributed by atoms with Crippen LogP contribution in [0, 0.1) is 0 Å². The van der Waals surface area contributed by atoms with Gasteiger partial charge < -0.3 is 18.9 Å². The fourth-order valence-corrected chi connectivity index (χ4v) is 7.20. The number of hydrogen-bond acceptors (Lipinski definition) is 8. The Morgan fingerprint density at radius 3 is 2.52 bits per heavy atom. The lowest BCUT2D eigenvalue weighted by Gasteiger charge is -2.24. The highest BCUT2D eigenvalue weighted by Gasteiger charge is 2.33. The maximum absolute atomic E-state index is 14.0. The van der Waals surface area contributed by atoms with Crippen molar-refractivity contribution in [3.63, 3.8) is 0 Å². The molecular weight excluding hydrogens is 668 g/mol. The molecule has 1 aliphatic rings. The van der Waals surface area contributed by atoms with E-state index >= 15 is 0 Å². The monoisotopic (exact) mass is 698 g/mol. The number of carbonyl (C=O) groups excluding carboxylic acids is 1. The van der Waals surface area contributed by atoms with Gasteiger partial charge in [0.15, 0.2) is 16.3 Å². The Morgan fingerprint density at radius 2 is 1.78 bits per heavy atom. The molecule has 46 heavy (non-hydrogen) atoms. The third-order valence-corrected chi connectivity index (χ3v) is 9.32. The maximum Gasteiger partial charge on any atom is 0.338 e. The number of halogens is 1. The third-order valence-electron chi connectivity index (χ3n) is 7.75. The number of carbonyl (C=O) groups is 1. The SMILES string of the molecule is CCOC(=O)C1=C(C)N=c2s/c(=C/c3cc(Br)c(OCc4cccc5ccccc45)c(OC)c3)c(=O)n2C1c1ccc(OC)cc1. The van der Waals surface area contributed by atoms with Crippen LogP contribution in [0.25, 0.3) is 16.8 Å². The van der Waals surface area contributed by atoms with E-state index in [4.69, 9.17) is 18.9 Å². The number of methoxy groups -OCH3 is 2. The predicted octanol–water partition coefficient (Wildman–Crippen LogP) is 6.31. The van der Waals surface area contributed by atoms with E-state index in [0.717, 1.165) is 27.5 Å². The van der Waals surface area contributed by atoms with Crippen molar-refractivity contribution in [1.82, 2.24) is 4.57 Å². The van der Waals surface area contributed by atoms with E-state index in [1.165, 1.54) is 11.3 Å². The van der Waals surface area contributed by atoms with Crippen molar-refractivity contribution in [2.24, 2.45) is 4.99 Å². The zero-order chi connectivity index (χ0) is 32.4. The molecule has 0 fully saturated rings. The second kappa shape index (κ2) is 13.4. The number of benzene rings is 4. The molecule has 6 rings (SSSR count). The molecule has 0 amide bonds. The van der Waals surface area contributed by atoms with E-state index < -0.39 is 12.0 Å². The van der Waals surface area contributed by atoms with E-state index in [9.17, 15) is 9.59 Å². The molecule has 0 bridgehead atoms. The van der Waals surface area contributed by atoms with Gasteiger partial charge in [0.2, 0.25) is 0 Å². The summed E-state index contributed by atoms with van der Waals surface area (Å²) in [5.41, 5.74) is 3.08. The average molecular weight is 700 g/mol. The highest BCUT2D eigenvalue weighted by atomic mass is 79.9. The van der Waals surface area contributed by atoms with Crippen molar-refractivity contribution in [2.75, 3.05) is 20.8 Å². The summed E-state index contributed by atoms with van der Waals surface area (Å²) in [4.78, 5) is 32.4. The summed E-state index contributed by atoms with van der Waals surface area (Å²) < 4.78 is 25.4. The lowest BCUT2D eigenvalue weighted by Crippen LogP contribution is -2.39. The summed E-state index contributed by atoms with van der Waals surface area (Å²) in [7, 11) is 3.17. The second-order valence-electron chi connectivity index (χ2n) is 10.5. The van der Waals surface area contributed by atoms with Crippen molar-refractivity contribution < 1.29 is 23.7 Å². The van der Waals surface area contributed by atoms with Crippen LogP contribution in [0.2, 0.25) is 0 Å². The molecule has 0 aliphatic carbocycles. The Hall–Kier alpha value is -4.67. The molecule has 2 heterocycles. The van der Waals surface area contributed by atoms with E-state index in [2.05, 4.69) is 39.1 Å². The molecule has 1 aromatic heterocycles. The number of fused-ring (bicyclic) bond motifs is 2. The molecule has 1 aliphatic heterocycles. The first kappa shape index (κ1) is 31.3. The molecule has 4 aromatic carbocycles. The van der Waals surface area contributed by atoms with Crippen LogP contribution in [0.3, 0.4) is 0 Å². The molecule has 0 spiro atoms. The van der Waals surface area contributed by atoms with Gasteiger partial charge in [-0.25, -0.2) is 9.79 Å². The van der Waals surface area contributed by atoms with Crippen LogP contribution in [0.4, 0.5) is 0 Å². The number of ether oxygens (including phenoxy) is 4. The Labute approximate surface area is 278 Å². The largest absolute Gasteiger partial charge is 0.497 e. The van der Waals surface area contributed by atoms with E-state index in [1.54, 1.807) is 50.8 Å². The van der Waals surface area contributed by atoms with Gasteiger partial charge >= 0.3 is 5.97 Å². The molecule has 234 valence electrons. The molecule has 10 heteroatoms. The third kappa shape index (κ3) is 5.98. The quantitative estimate of drug-likeness (QED) is 0.168. The number of nitrogens with zero attached hydrogens (tertiary/aromatic N) is 2. The zero-order valence-electron chi connectivity index (χ0n) is 25.7. The van der Waals surface area contributed by atoms with Crippen LogP contribution >= 0.6 is 27.3 Å². The minimum absolute atomic E-state index is 0.202. The van der Waals surface area contributed by atoms with E-state index in [1.807, 2.05) is 48.5 Å². The molecule has 5 aromatic rings. The van der Waals surface area contributed by atoms with Crippen molar-refractivity contribution in [3.05, 3.63) is 131 Å². The normalized spacial score (nSPS) is 14.5. The number of rotatable bonds is 9. The number of allylic oxidation sites excluding steroid dienone is 1. The molecule has 1 unspecified atom stereocenters. The van der Waals surface area contributed by atoms with Crippen LogP contribution < -0.4 is 29.1 Å². The average Bonchev–Trinajstić information content (AvgIpc) is 3.36. The van der Waals surface area contributed by atoms with Gasteiger partial charge in [0, 0.05) is 0 Å². The first-order valence-electron chi connectivity index (χ1n) is 14.6. The Bertz CT molecular complexity index is 2160. The van der Waals surface area contributed by atoms with Gasteiger partial charge in [0.25, 0.3) is 5.56 Å². The lowest BCUT2D eigenvalue weighted by atomic mass is 9.96. The fourth-order valence-electron chi connectivity index (χ4n) is 5.58. The number of hydrogen-bond donors (Lipinski definition) is 0. The Morgan fingerprint density at radius 1 is 1.02 bits per heavy atom. The Balaban J connectivity index is 1.39. The number of thiazole rings is 1.